The molecule has 0 aromatic rings. The first-order chi connectivity index (χ1) is 11.8. The van der Waals surface area contributed by atoms with Crippen LogP contribution in [0.1, 0.15) is 27.2 Å². The molecule has 0 bridgehead atoms. The molecule has 0 aliphatic rings. The Bertz CT molecular complexity index is 414. The number of aliphatic hydroxyl groups excluding tert-OH is 1. The summed E-state index contributed by atoms with van der Waals surface area (Å²) in [6, 6.07) is 0. The lowest BCUT2D eigenvalue weighted by atomic mass is 9.88. The van der Waals surface area contributed by atoms with Crippen molar-refractivity contribution in [1.82, 2.24) is 0 Å². The molecule has 0 atom stereocenters. The third kappa shape index (κ3) is 10.0. The van der Waals surface area contributed by atoms with Crippen molar-refractivity contribution in [2.75, 3.05) is 46.2 Å². The minimum absolute atomic E-state index is 0.111. The second-order valence-corrected chi connectivity index (χ2v) is 5.95. The maximum atomic E-state index is 11.2. The average molecular weight is 358 g/mol. The Morgan fingerprint density at radius 3 is 1.56 bits per heavy atom. The Morgan fingerprint density at radius 1 is 0.880 bits per heavy atom. The monoisotopic (exact) mass is 358 g/mol. The van der Waals surface area contributed by atoms with E-state index in [1.807, 2.05) is 6.92 Å². The lowest BCUT2D eigenvalue weighted by Gasteiger charge is -2.30. The molecule has 0 aromatic carbocycles. The van der Waals surface area contributed by atoms with Crippen molar-refractivity contribution in [2.45, 2.75) is 27.2 Å². The van der Waals surface area contributed by atoms with Gasteiger partial charge in [0.05, 0.1) is 33.0 Å². The van der Waals surface area contributed by atoms with Gasteiger partial charge in [0, 0.05) is 16.6 Å². The number of ether oxygens (including phenoxy) is 4. The summed E-state index contributed by atoms with van der Waals surface area (Å²) < 4.78 is 20.8. The Morgan fingerprint density at radius 2 is 1.28 bits per heavy atom. The lowest BCUT2D eigenvalue weighted by molar-refractivity contribution is -0.141. The number of carbonyl (C=O) groups is 2. The van der Waals surface area contributed by atoms with Gasteiger partial charge in [-0.15, -0.1) is 0 Å². The van der Waals surface area contributed by atoms with Gasteiger partial charge in [0.15, 0.2) is 0 Å². The van der Waals surface area contributed by atoms with Crippen molar-refractivity contribution in [2.24, 2.45) is 5.41 Å². The first-order valence-corrected chi connectivity index (χ1v) is 8.19. The minimum atomic E-state index is -0.559. The Kier molecular flexibility index (Phi) is 11.8. The summed E-state index contributed by atoms with van der Waals surface area (Å²) in [7, 11) is 0. The van der Waals surface area contributed by atoms with E-state index in [0.717, 1.165) is 0 Å². The molecule has 0 saturated heterocycles. The van der Waals surface area contributed by atoms with E-state index in [-0.39, 0.29) is 46.2 Å². The highest BCUT2D eigenvalue weighted by atomic mass is 16.6. The minimum Gasteiger partial charge on any atom is -0.460 e. The number of esters is 2. The quantitative estimate of drug-likeness (QED) is 0.287. The molecule has 25 heavy (non-hydrogen) atoms. The SMILES string of the molecule is C=C(C)C(=O)OCCOCC(CC)(CO)COCCOC(=O)C(=C)C. The van der Waals surface area contributed by atoms with Crippen molar-refractivity contribution >= 4 is 11.9 Å². The van der Waals surface area contributed by atoms with E-state index in [1.165, 1.54) is 0 Å². The van der Waals surface area contributed by atoms with Crippen molar-refractivity contribution < 1.29 is 33.6 Å². The van der Waals surface area contributed by atoms with E-state index >= 15 is 0 Å². The van der Waals surface area contributed by atoms with Gasteiger partial charge in [-0.3, -0.25) is 0 Å². The molecule has 7 nitrogen and oxygen atoms in total. The molecule has 0 spiro atoms. The number of hydrogen-bond acceptors (Lipinski definition) is 7. The number of rotatable bonds is 14. The van der Waals surface area contributed by atoms with Crippen LogP contribution >= 0.6 is 0 Å². The van der Waals surface area contributed by atoms with Crippen LogP contribution in [0.5, 0.6) is 0 Å². The smallest absolute Gasteiger partial charge is 0.333 e. The fraction of sp³-hybridized carbons (Fsp3) is 0.667. The van der Waals surface area contributed by atoms with Gasteiger partial charge in [0.1, 0.15) is 13.2 Å². The van der Waals surface area contributed by atoms with Crippen LogP contribution < -0.4 is 0 Å². The fourth-order valence-corrected chi connectivity index (χ4v) is 1.66. The predicted molar refractivity (Wildman–Crippen MR) is 93.0 cm³/mol. The summed E-state index contributed by atoms with van der Waals surface area (Å²) in [5.74, 6) is -0.916. The van der Waals surface area contributed by atoms with Crippen LogP contribution in [0, 0.1) is 5.41 Å². The molecule has 0 aliphatic heterocycles. The van der Waals surface area contributed by atoms with Gasteiger partial charge in [-0.25, -0.2) is 9.59 Å². The fourth-order valence-electron chi connectivity index (χ4n) is 1.66. The highest BCUT2D eigenvalue weighted by Gasteiger charge is 2.28. The first-order valence-electron chi connectivity index (χ1n) is 8.19. The second-order valence-electron chi connectivity index (χ2n) is 5.95. The third-order valence-corrected chi connectivity index (χ3v) is 3.52. The van der Waals surface area contributed by atoms with E-state index in [1.54, 1.807) is 13.8 Å². The molecule has 0 aromatic heterocycles. The summed E-state index contributed by atoms with van der Waals surface area (Å²) in [5, 5.41) is 9.66. The van der Waals surface area contributed by atoms with Gasteiger partial charge in [-0.2, -0.15) is 0 Å². The summed E-state index contributed by atoms with van der Waals surface area (Å²) in [5.41, 5.74) is 0.106. The second kappa shape index (κ2) is 12.6. The van der Waals surface area contributed by atoms with Crippen LogP contribution in [0.25, 0.3) is 0 Å². The molecular weight excluding hydrogens is 328 g/mol. The van der Waals surface area contributed by atoms with Crippen molar-refractivity contribution in [3.63, 3.8) is 0 Å². The molecule has 0 aliphatic carbocycles. The van der Waals surface area contributed by atoms with Gasteiger partial charge >= 0.3 is 11.9 Å². The van der Waals surface area contributed by atoms with Crippen LogP contribution in [0.4, 0.5) is 0 Å². The third-order valence-electron chi connectivity index (χ3n) is 3.52. The molecule has 0 unspecified atom stereocenters. The van der Waals surface area contributed by atoms with E-state index in [2.05, 4.69) is 13.2 Å². The van der Waals surface area contributed by atoms with Crippen molar-refractivity contribution in [3.8, 4) is 0 Å². The zero-order chi connectivity index (χ0) is 19.3. The Labute approximate surface area is 149 Å². The largest absolute Gasteiger partial charge is 0.460 e. The molecule has 0 radical (unpaired) electrons. The van der Waals surface area contributed by atoms with Crippen LogP contribution in [0.2, 0.25) is 0 Å². The lowest BCUT2D eigenvalue weighted by Crippen LogP contribution is -2.36. The summed E-state index contributed by atoms with van der Waals surface area (Å²) in [4.78, 5) is 22.5. The van der Waals surface area contributed by atoms with Gasteiger partial charge in [-0.05, 0) is 20.3 Å². The molecular formula is C18H30O7. The normalized spacial score (nSPS) is 11.0. The summed E-state index contributed by atoms with van der Waals surface area (Å²) >= 11 is 0. The molecule has 0 rings (SSSR count). The zero-order valence-electron chi connectivity index (χ0n) is 15.5. The zero-order valence-corrected chi connectivity index (χ0v) is 15.5. The van der Waals surface area contributed by atoms with Crippen LogP contribution in [-0.4, -0.2) is 63.3 Å². The summed E-state index contributed by atoms with van der Waals surface area (Å²) in [6.45, 7) is 13.1. The predicted octanol–water partition coefficient (Wildman–Crippen LogP) is 1.65. The molecule has 0 saturated carbocycles. The highest BCUT2D eigenvalue weighted by Crippen LogP contribution is 2.22. The van der Waals surface area contributed by atoms with Gasteiger partial charge in [0.25, 0.3) is 0 Å². The van der Waals surface area contributed by atoms with Crippen LogP contribution in [0.15, 0.2) is 24.3 Å². The van der Waals surface area contributed by atoms with E-state index in [0.29, 0.717) is 17.6 Å². The summed E-state index contributed by atoms with van der Waals surface area (Å²) in [6.07, 6.45) is 0.639. The molecule has 144 valence electrons. The molecule has 0 fully saturated rings. The molecule has 0 amide bonds. The maximum absolute atomic E-state index is 11.2. The standard InChI is InChI=1S/C18H30O7/c1-6-18(11-19,12-22-7-9-24-16(20)14(2)3)13-23-8-10-25-17(21)15(4)5/h19H,2,4,6-13H2,1,3,5H3. The van der Waals surface area contributed by atoms with Gasteiger partial charge in [0.2, 0.25) is 0 Å². The molecule has 7 heteroatoms. The highest BCUT2D eigenvalue weighted by molar-refractivity contribution is 5.87. The number of hydrogen-bond donors (Lipinski definition) is 1. The van der Waals surface area contributed by atoms with E-state index in [4.69, 9.17) is 18.9 Å². The van der Waals surface area contributed by atoms with Crippen LogP contribution in [0.3, 0.4) is 0 Å². The van der Waals surface area contributed by atoms with Crippen molar-refractivity contribution in [3.05, 3.63) is 24.3 Å². The average Bonchev–Trinajstić information content (AvgIpc) is 2.58. The van der Waals surface area contributed by atoms with Crippen LogP contribution in [-0.2, 0) is 28.5 Å². The Balaban J connectivity index is 4.06. The Hall–Kier alpha value is -1.70. The molecule has 1 N–H and O–H groups in total. The van der Waals surface area contributed by atoms with Crippen molar-refractivity contribution in [1.29, 1.82) is 0 Å². The van der Waals surface area contributed by atoms with E-state index < -0.39 is 17.4 Å². The maximum Gasteiger partial charge on any atom is 0.333 e. The molecule has 0 heterocycles. The van der Waals surface area contributed by atoms with E-state index in [9.17, 15) is 14.7 Å². The number of carbonyl (C=O) groups excluding carboxylic acids is 2. The first kappa shape index (κ1) is 23.3. The van der Waals surface area contributed by atoms with Gasteiger partial charge in [-0.1, -0.05) is 20.1 Å². The van der Waals surface area contributed by atoms with Gasteiger partial charge < -0.3 is 24.1 Å². The number of aliphatic hydroxyl groups is 1. The topological polar surface area (TPSA) is 91.3 Å².